The van der Waals surface area contributed by atoms with Gasteiger partial charge in [0.25, 0.3) is 5.91 Å². The predicted octanol–water partition coefficient (Wildman–Crippen LogP) is 5.51. The molecule has 1 heterocycles. The Labute approximate surface area is 143 Å². The van der Waals surface area contributed by atoms with Crippen molar-refractivity contribution in [1.29, 1.82) is 0 Å². The second kappa shape index (κ2) is 6.60. The molecule has 0 radical (unpaired) electrons. The molecular formula is C18H16ClNO2S. The summed E-state index contributed by atoms with van der Waals surface area (Å²) in [5, 5.41) is 4.35. The van der Waals surface area contributed by atoms with Crippen molar-refractivity contribution in [2.24, 2.45) is 0 Å². The summed E-state index contributed by atoms with van der Waals surface area (Å²) in [6.07, 6.45) is 0. The minimum atomic E-state index is -0.220. The molecule has 5 heteroatoms. The molecule has 0 aliphatic rings. The Kier molecular flexibility index (Phi) is 4.55. The number of nitrogens with one attached hydrogen (secondary N) is 1. The highest BCUT2D eigenvalue weighted by Crippen LogP contribution is 2.38. The molecule has 1 N–H and O–H groups in total. The SMILES string of the molecule is CCOc1ccccc1NC(=O)c1sc2cccc(C)c2c1Cl. The fraction of sp³-hybridized carbons (Fsp3) is 0.167. The van der Waals surface area contributed by atoms with Gasteiger partial charge in [0.05, 0.1) is 17.3 Å². The molecule has 3 aromatic rings. The average Bonchev–Trinajstić information content (AvgIpc) is 2.88. The number of anilines is 1. The first-order valence-corrected chi connectivity index (χ1v) is 8.52. The molecule has 2 aromatic carbocycles. The third-order valence-corrected chi connectivity index (χ3v) is 5.15. The van der Waals surface area contributed by atoms with E-state index in [9.17, 15) is 4.79 Å². The highest BCUT2D eigenvalue weighted by molar-refractivity contribution is 7.21. The molecule has 3 nitrogen and oxygen atoms in total. The quantitative estimate of drug-likeness (QED) is 0.676. The first kappa shape index (κ1) is 15.8. The van der Waals surface area contributed by atoms with E-state index in [4.69, 9.17) is 16.3 Å². The summed E-state index contributed by atoms with van der Waals surface area (Å²) in [5.74, 6) is 0.430. The van der Waals surface area contributed by atoms with Crippen molar-refractivity contribution in [2.45, 2.75) is 13.8 Å². The third kappa shape index (κ3) is 3.05. The number of carbonyl (C=O) groups excluding carboxylic acids is 1. The number of ether oxygens (including phenoxy) is 1. The summed E-state index contributed by atoms with van der Waals surface area (Å²) in [4.78, 5) is 13.1. The van der Waals surface area contributed by atoms with Gasteiger partial charge in [-0.15, -0.1) is 11.3 Å². The number of hydrogen-bond acceptors (Lipinski definition) is 3. The lowest BCUT2D eigenvalue weighted by atomic mass is 10.1. The van der Waals surface area contributed by atoms with Gasteiger partial charge in [-0.05, 0) is 37.6 Å². The van der Waals surface area contributed by atoms with Crippen LogP contribution in [0.3, 0.4) is 0 Å². The van der Waals surface area contributed by atoms with Crippen LogP contribution in [0.25, 0.3) is 10.1 Å². The fourth-order valence-electron chi connectivity index (χ4n) is 2.45. The van der Waals surface area contributed by atoms with E-state index in [0.29, 0.717) is 27.9 Å². The van der Waals surface area contributed by atoms with Crippen LogP contribution in [0, 0.1) is 6.92 Å². The average molecular weight is 346 g/mol. The minimum absolute atomic E-state index is 0.220. The summed E-state index contributed by atoms with van der Waals surface area (Å²) in [6.45, 7) is 4.44. The summed E-state index contributed by atoms with van der Waals surface area (Å²) in [6, 6.07) is 13.3. The second-order valence-electron chi connectivity index (χ2n) is 5.08. The first-order chi connectivity index (χ1) is 11.1. The van der Waals surface area contributed by atoms with E-state index < -0.39 is 0 Å². The van der Waals surface area contributed by atoms with Crippen LogP contribution in [-0.4, -0.2) is 12.5 Å². The number of halogens is 1. The Hall–Kier alpha value is -2.04. The Morgan fingerprint density at radius 2 is 2.00 bits per heavy atom. The molecule has 0 unspecified atom stereocenters. The summed E-state index contributed by atoms with van der Waals surface area (Å²) in [5.41, 5.74) is 1.71. The monoisotopic (exact) mass is 345 g/mol. The maximum Gasteiger partial charge on any atom is 0.267 e. The van der Waals surface area contributed by atoms with Gasteiger partial charge in [0.2, 0.25) is 0 Å². The lowest BCUT2D eigenvalue weighted by molar-refractivity contribution is 0.103. The van der Waals surface area contributed by atoms with Gasteiger partial charge in [-0.2, -0.15) is 0 Å². The summed E-state index contributed by atoms with van der Waals surface area (Å²) in [7, 11) is 0. The van der Waals surface area contributed by atoms with Crippen LogP contribution in [0.5, 0.6) is 5.75 Å². The van der Waals surface area contributed by atoms with Gasteiger partial charge in [-0.25, -0.2) is 0 Å². The zero-order valence-electron chi connectivity index (χ0n) is 12.9. The van der Waals surface area contributed by atoms with Crippen LogP contribution in [0.4, 0.5) is 5.69 Å². The van der Waals surface area contributed by atoms with Gasteiger partial charge in [-0.1, -0.05) is 35.9 Å². The minimum Gasteiger partial charge on any atom is -0.492 e. The topological polar surface area (TPSA) is 38.3 Å². The zero-order chi connectivity index (χ0) is 16.4. The van der Waals surface area contributed by atoms with Crippen LogP contribution in [-0.2, 0) is 0 Å². The number of amides is 1. The van der Waals surface area contributed by atoms with E-state index in [2.05, 4.69) is 5.32 Å². The zero-order valence-corrected chi connectivity index (χ0v) is 14.4. The van der Waals surface area contributed by atoms with Gasteiger partial charge >= 0.3 is 0 Å². The molecule has 0 spiro atoms. The lowest BCUT2D eigenvalue weighted by Gasteiger charge is -2.10. The van der Waals surface area contributed by atoms with E-state index in [-0.39, 0.29) is 5.91 Å². The van der Waals surface area contributed by atoms with Crippen molar-refractivity contribution in [3.63, 3.8) is 0 Å². The highest BCUT2D eigenvalue weighted by atomic mass is 35.5. The number of thiophene rings is 1. The Balaban J connectivity index is 1.96. The largest absolute Gasteiger partial charge is 0.492 e. The molecule has 0 fully saturated rings. The van der Waals surface area contributed by atoms with Crippen molar-refractivity contribution in [3.05, 3.63) is 57.9 Å². The number of para-hydroxylation sites is 2. The molecule has 0 saturated carbocycles. The van der Waals surface area contributed by atoms with Crippen LogP contribution in [0.2, 0.25) is 5.02 Å². The molecule has 23 heavy (non-hydrogen) atoms. The van der Waals surface area contributed by atoms with Crippen LogP contribution < -0.4 is 10.1 Å². The Morgan fingerprint density at radius 3 is 2.74 bits per heavy atom. The molecular weight excluding hydrogens is 330 g/mol. The van der Waals surface area contributed by atoms with Gasteiger partial charge in [0, 0.05) is 10.1 Å². The molecule has 1 amide bonds. The fourth-order valence-corrected chi connectivity index (χ4v) is 4.03. The van der Waals surface area contributed by atoms with Crippen LogP contribution in [0.1, 0.15) is 22.2 Å². The van der Waals surface area contributed by atoms with E-state index in [0.717, 1.165) is 15.6 Å². The van der Waals surface area contributed by atoms with Gasteiger partial charge in [0.15, 0.2) is 0 Å². The molecule has 0 atom stereocenters. The first-order valence-electron chi connectivity index (χ1n) is 7.32. The number of rotatable bonds is 4. The Morgan fingerprint density at radius 1 is 1.22 bits per heavy atom. The molecule has 0 aliphatic heterocycles. The number of hydrogen-bond donors (Lipinski definition) is 1. The van der Waals surface area contributed by atoms with E-state index >= 15 is 0 Å². The number of carbonyl (C=O) groups is 1. The molecule has 0 aliphatic carbocycles. The van der Waals surface area contributed by atoms with Crippen LogP contribution in [0.15, 0.2) is 42.5 Å². The second-order valence-corrected chi connectivity index (χ2v) is 6.51. The predicted molar refractivity (Wildman–Crippen MR) is 97.1 cm³/mol. The van der Waals surface area contributed by atoms with Crippen molar-refractivity contribution < 1.29 is 9.53 Å². The van der Waals surface area contributed by atoms with Crippen molar-refractivity contribution in [3.8, 4) is 5.75 Å². The number of fused-ring (bicyclic) bond motifs is 1. The maximum atomic E-state index is 12.6. The molecule has 0 saturated heterocycles. The lowest BCUT2D eigenvalue weighted by Crippen LogP contribution is -2.11. The van der Waals surface area contributed by atoms with Crippen molar-refractivity contribution >= 4 is 44.6 Å². The van der Waals surface area contributed by atoms with Crippen molar-refractivity contribution in [2.75, 3.05) is 11.9 Å². The van der Waals surface area contributed by atoms with E-state index in [1.807, 2.05) is 56.3 Å². The standard InChI is InChI=1S/C18H16ClNO2S/c1-3-22-13-9-5-4-8-12(13)20-18(21)17-16(19)15-11(2)7-6-10-14(15)23-17/h4-10H,3H2,1-2H3,(H,20,21). The maximum absolute atomic E-state index is 12.6. The van der Waals surface area contributed by atoms with Gasteiger partial charge in [-0.3, -0.25) is 4.79 Å². The molecule has 3 rings (SSSR count). The molecule has 118 valence electrons. The summed E-state index contributed by atoms with van der Waals surface area (Å²) >= 11 is 7.84. The van der Waals surface area contributed by atoms with Gasteiger partial charge < -0.3 is 10.1 Å². The molecule has 1 aromatic heterocycles. The van der Waals surface area contributed by atoms with Crippen molar-refractivity contribution in [1.82, 2.24) is 0 Å². The normalized spacial score (nSPS) is 10.7. The highest BCUT2D eigenvalue weighted by Gasteiger charge is 2.19. The third-order valence-electron chi connectivity index (χ3n) is 3.51. The Bertz CT molecular complexity index is 873. The summed E-state index contributed by atoms with van der Waals surface area (Å²) < 4.78 is 6.55. The van der Waals surface area contributed by atoms with E-state index in [1.165, 1.54) is 11.3 Å². The van der Waals surface area contributed by atoms with Crippen LogP contribution >= 0.6 is 22.9 Å². The molecule has 0 bridgehead atoms. The number of aryl methyl sites for hydroxylation is 1. The smallest absolute Gasteiger partial charge is 0.267 e. The number of benzene rings is 2. The van der Waals surface area contributed by atoms with Gasteiger partial charge in [0.1, 0.15) is 10.6 Å². The van der Waals surface area contributed by atoms with E-state index in [1.54, 1.807) is 0 Å².